The van der Waals surface area contributed by atoms with Crippen LogP contribution in [0.4, 0.5) is 20.6 Å². The maximum atomic E-state index is 14.2. The molecule has 2 rings (SSSR count). The molecular formula is C23H33FN4O3. The van der Waals surface area contributed by atoms with Crippen molar-refractivity contribution in [3.05, 3.63) is 47.7 Å². The summed E-state index contributed by atoms with van der Waals surface area (Å²) in [7, 11) is 0. The Morgan fingerprint density at radius 1 is 1.13 bits per heavy atom. The van der Waals surface area contributed by atoms with Gasteiger partial charge < -0.3 is 20.4 Å². The van der Waals surface area contributed by atoms with Crippen molar-refractivity contribution < 1.29 is 18.4 Å². The van der Waals surface area contributed by atoms with Crippen LogP contribution >= 0.6 is 0 Å². The fourth-order valence-corrected chi connectivity index (χ4v) is 3.54. The fourth-order valence-electron chi connectivity index (χ4n) is 3.54. The van der Waals surface area contributed by atoms with E-state index in [0.29, 0.717) is 29.5 Å². The second-order valence-corrected chi connectivity index (χ2v) is 7.88. The molecule has 0 saturated heterocycles. The summed E-state index contributed by atoms with van der Waals surface area (Å²) in [5.41, 5.74) is 0.675. The van der Waals surface area contributed by atoms with Gasteiger partial charge in [0.25, 0.3) is 5.91 Å². The van der Waals surface area contributed by atoms with Crippen LogP contribution in [-0.4, -0.2) is 42.5 Å². The summed E-state index contributed by atoms with van der Waals surface area (Å²) in [6, 6.07) is 5.41. The lowest BCUT2D eigenvalue weighted by Gasteiger charge is -2.31. The predicted molar refractivity (Wildman–Crippen MR) is 121 cm³/mol. The molecule has 0 saturated carbocycles. The minimum absolute atomic E-state index is 0.0239. The molecule has 0 aliphatic rings. The van der Waals surface area contributed by atoms with Gasteiger partial charge in [-0.2, -0.15) is 0 Å². The van der Waals surface area contributed by atoms with E-state index in [9.17, 15) is 14.0 Å². The van der Waals surface area contributed by atoms with Gasteiger partial charge in [-0.15, -0.1) is 0 Å². The van der Waals surface area contributed by atoms with E-state index >= 15 is 0 Å². The zero-order valence-electron chi connectivity index (χ0n) is 18.9. The molecule has 1 unspecified atom stereocenters. The van der Waals surface area contributed by atoms with Crippen LogP contribution in [0.2, 0.25) is 0 Å². The number of carbonyl (C=O) groups excluding carboxylic acids is 2. The van der Waals surface area contributed by atoms with Crippen molar-refractivity contribution in [2.24, 2.45) is 5.92 Å². The molecule has 31 heavy (non-hydrogen) atoms. The van der Waals surface area contributed by atoms with Gasteiger partial charge >= 0.3 is 6.03 Å². The van der Waals surface area contributed by atoms with E-state index in [2.05, 4.69) is 48.5 Å². The van der Waals surface area contributed by atoms with Crippen LogP contribution < -0.4 is 16.0 Å². The van der Waals surface area contributed by atoms with Crippen molar-refractivity contribution in [2.45, 2.75) is 47.1 Å². The molecular weight excluding hydrogens is 399 g/mol. The second kappa shape index (κ2) is 11.5. The zero-order chi connectivity index (χ0) is 23.0. The maximum Gasteiger partial charge on any atom is 0.319 e. The highest BCUT2D eigenvalue weighted by Gasteiger charge is 2.18. The smallest absolute Gasteiger partial charge is 0.319 e. The first-order valence-electron chi connectivity index (χ1n) is 10.7. The number of nitrogens with zero attached hydrogens (tertiary/aromatic N) is 1. The first kappa shape index (κ1) is 24.4. The Balaban J connectivity index is 2.00. The third kappa shape index (κ3) is 7.10. The molecule has 1 atom stereocenters. The van der Waals surface area contributed by atoms with E-state index in [0.717, 1.165) is 19.5 Å². The average Bonchev–Trinajstić information content (AvgIpc) is 3.15. The van der Waals surface area contributed by atoms with Crippen LogP contribution in [0.25, 0.3) is 0 Å². The number of anilines is 2. The van der Waals surface area contributed by atoms with Crippen molar-refractivity contribution in [1.29, 1.82) is 0 Å². The van der Waals surface area contributed by atoms with E-state index in [-0.39, 0.29) is 17.8 Å². The summed E-state index contributed by atoms with van der Waals surface area (Å²) in [5, 5.41) is 8.13. The largest absolute Gasteiger partial charge is 0.469 e. The van der Waals surface area contributed by atoms with Crippen LogP contribution in [-0.2, 0) is 0 Å². The molecule has 7 nitrogen and oxygen atoms in total. The SMILES string of the molecule is CCN(CC)C(CNC(=O)Nc1ccc(F)c(NC(=O)c2ccoc2C)c1)CC(C)C. The van der Waals surface area contributed by atoms with Crippen LogP contribution in [0.3, 0.4) is 0 Å². The fraction of sp³-hybridized carbons (Fsp3) is 0.478. The van der Waals surface area contributed by atoms with E-state index in [1.54, 1.807) is 6.92 Å². The number of carbonyl (C=O) groups is 2. The lowest BCUT2D eigenvalue weighted by molar-refractivity contribution is 0.102. The minimum Gasteiger partial charge on any atom is -0.469 e. The van der Waals surface area contributed by atoms with Crippen molar-refractivity contribution in [3.63, 3.8) is 0 Å². The highest BCUT2D eigenvalue weighted by Crippen LogP contribution is 2.21. The molecule has 0 spiro atoms. The number of benzene rings is 1. The second-order valence-electron chi connectivity index (χ2n) is 7.88. The van der Waals surface area contributed by atoms with E-state index in [4.69, 9.17) is 4.42 Å². The zero-order valence-corrected chi connectivity index (χ0v) is 18.9. The lowest BCUT2D eigenvalue weighted by atomic mass is 10.0. The number of hydrogen-bond acceptors (Lipinski definition) is 4. The number of nitrogens with one attached hydrogen (secondary N) is 3. The molecule has 0 aliphatic heterocycles. The van der Waals surface area contributed by atoms with E-state index in [1.807, 2.05) is 0 Å². The number of likely N-dealkylation sites (N-methyl/N-ethyl adjacent to an activating group) is 1. The van der Waals surface area contributed by atoms with Gasteiger partial charge in [-0.25, -0.2) is 9.18 Å². The number of aryl methyl sites for hydroxylation is 1. The van der Waals surface area contributed by atoms with Crippen LogP contribution in [0, 0.1) is 18.7 Å². The number of furan rings is 1. The quantitative estimate of drug-likeness (QED) is 0.501. The first-order chi connectivity index (χ1) is 14.7. The Labute approximate surface area is 183 Å². The van der Waals surface area contributed by atoms with E-state index < -0.39 is 11.7 Å². The molecule has 8 heteroatoms. The number of rotatable bonds is 10. The summed E-state index contributed by atoms with van der Waals surface area (Å²) < 4.78 is 19.3. The molecule has 170 valence electrons. The van der Waals surface area contributed by atoms with Crippen LogP contribution in [0.5, 0.6) is 0 Å². The molecule has 1 heterocycles. The van der Waals surface area contributed by atoms with Gasteiger partial charge in [0.05, 0.1) is 17.5 Å². The highest BCUT2D eigenvalue weighted by atomic mass is 19.1. The normalized spacial score (nSPS) is 12.1. The predicted octanol–water partition coefficient (Wildman–Crippen LogP) is 4.86. The minimum atomic E-state index is -0.598. The van der Waals surface area contributed by atoms with Crippen molar-refractivity contribution in [3.8, 4) is 0 Å². The van der Waals surface area contributed by atoms with Gasteiger partial charge in [-0.05, 0) is 56.6 Å². The number of halogens is 1. The number of urea groups is 1. The summed E-state index contributed by atoms with van der Waals surface area (Å²) in [6.45, 7) is 12.5. The summed E-state index contributed by atoms with van der Waals surface area (Å²) in [4.78, 5) is 27.1. The molecule has 1 aromatic carbocycles. The molecule has 0 fully saturated rings. The van der Waals surface area contributed by atoms with Gasteiger partial charge in [-0.1, -0.05) is 27.7 Å². The Morgan fingerprint density at radius 3 is 2.42 bits per heavy atom. The Bertz CT molecular complexity index is 877. The summed E-state index contributed by atoms with van der Waals surface area (Å²) >= 11 is 0. The molecule has 3 amide bonds. The third-order valence-corrected chi connectivity index (χ3v) is 5.15. The van der Waals surface area contributed by atoms with Crippen LogP contribution in [0.1, 0.15) is 50.2 Å². The Morgan fingerprint density at radius 2 is 1.84 bits per heavy atom. The maximum absolute atomic E-state index is 14.2. The Hall–Kier alpha value is -2.87. The average molecular weight is 433 g/mol. The molecule has 0 radical (unpaired) electrons. The Kier molecular flexibility index (Phi) is 9.05. The summed E-state index contributed by atoms with van der Waals surface area (Å²) in [5.74, 6) is -0.130. The van der Waals surface area contributed by atoms with E-state index in [1.165, 1.54) is 30.5 Å². The van der Waals surface area contributed by atoms with Crippen molar-refractivity contribution in [2.75, 3.05) is 30.3 Å². The third-order valence-electron chi connectivity index (χ3n) is 5.15. The van der Waals surface area contributed by atoms with Crippen molar-refractivity contribution in [1.82, 2.24) is 10.2 Å². The number of hydrogen-bond donors (Lipinski definition) is 3. The van der Waals surface area contributed by atoms with Crippen molar-refractivity contribution >= 4 is 23.3 Å². The molecule has 1 aromatic heterocycles. The van der Waals surface area contributed by atoms with Gasteiger partial charge in [0.2, 0.25) is 0 Å². The first-order valence-corrected chi connectivity index (χ1v) is 10.7. The molecule has 2 aromatic rings. The topological polar surface area (TPSA) is 86.6 Å². The molecule has 0 aliphatic carbocycles. The van der Waals surface area contributed by atoms with Crippen LogP contribution in [0.15, 0.2) is 34.9 Å². The van der Waals surface area contributed by atoms with Gasteiger partial charge in [0, 0.05) is 18.3 Å². The molecule has 0 bridgehead atoms. The van der Waals surface area contributed by atoms with Gasteiger partial charge in [0.15, 0.2) is 0 Å². The monoisotopic (exact) mass is 432 g/mol. The highest BCUT2D eigenvalue weighted by molar-refractivity contribution is 6.05. The van der Waals surface area contributed by atoms with Gasteiger partial charge in [-0.3, -0.25) is 9.69 Å². The number of amides is 3. The lowest BCUT2D eigenvalue weighted by Crippen LogP contribution is -2.45. The standard InChI is InChI=1S/C23H33FN4O3/c1-6-28(7-2)18(12-15(3)4)14-25-23(30)26-17-8-9-20(24)21(13-17)27-22(29)19-10-11-31-16(19)5/h8-11,13,15,18H,6-7,12,14H2,1-5H3,(H,27,29)(H2,25,26,30). The molecule has 3 N–H and O–H groups in total. The summed E-state index contributed by atoms with van der Waals surface area (Å²) in [6.07, 6.45) is 2.37. The van der Waals surface area contributed by atoms with Gasteiger partial charge in [0.1, 0.15) is 11.6 Å².